The van der Waals surface area contributed by atoms with E-state index in [1.54, 1.807) is 31.2 Å². The van der Waals surface area contributed by atoms with Gasteiger partial charge in [-0.25, -0.2) is 0 Å². The third kappa shape index (κ3) is 6.57. The van der Waals surface area contributed by atoms with Crippen molar-refractivity contribution < 1.29 is 28.8 Å². The van der Waals surface area contributed by atoms with Crippen LogP contribution in [0, 0.1) is 5.41 Å². The minimum atomic E-state index is -0.637. The van der Waals surface area contributed by atoms with Crippen LogP contribution in [0.3, 0.4) is 0 Å². The smallest absolute Gasteiger partial charge is 0.316 e. The van der Waals surface area contributed by atoms with Crippen molar-refractivity contribution in [1.82, 2.24) is 4.90 Å². The number of ether oxygens (including phenoxy) is 4. The summed E-state index contributed by atoms with van der Waals surface area (Å²) in [6.07, 6.45) is 6.70. The Hall–Kier alpha value is -3.97. The normalized spacial score (nSPS) is 19.3. The molecule has 0 spiro atoms. The van der Waals surface area contributed by atoms with Gasteiger partial charge in [-0.2, -0.15) is 0 Å². The van der Waals surface area contributed by atoms with Gasteiger partial charge in [0.2, 0.25) is 0 Å². The molecule has 3 aliphatic rings. The zero-order chi connectivity index (χ0) is 29.9. The fourth-order valence-electron chi connectivity index (χ4n) is 5.45. The average Bonchev–Trinajstić information content (AvgIpc) is 2.96. The van der Waals surface area contributed by atoms with Crippen molar-refractivity contribution in [3.8, 4) is 17.2 Å². The van der Waals surface area contributed by atoms with Crippen LogP contribution in [-0.4, -0.2) is 48.8 Å². The molecule has 0 aromatic heterocycles. The van der Waals surface area contributed by atoms with Crippen molar-refractivity contribution in [2.45, 2.75) is 53.1 Å². The second-order valence-corrected chi connectivity index (χ2v) is 12.1. The zero-order valence-electron chi connectivity index (χ0n) is 25.1. The number of allylic oxidation sites excluding steroid dienone is 3. The van der Waals surface area contributed by atoms with Gasteiger partial charge in [0, 0.05) is 41.0 Å². The SMILES string of the molecule is C=CC1=C(/C=C(\C)O)OCC2=C1[C@H](c1ccc(OCCN3CCCCC3)cc1)Oc1cc(OC(=O)C(C)(C)C)ccc12. The summed E-state index contributed by atoms with van der Waals surface area (Å²) in [5.41, 5.74) is 3.79. The molecule has 0 radical (unpaired) electrons. The number of hydrogen-bond acceptors (Lipinski definition) is 7. The highest BCUT2D eigenvalue weighted by molar-refractivity contribution is 5.83. The van der Waals surface area contributed by atoms with Gasteiger partial charge in [0.05, 0.1) is 11.2 Å². The van der Waals surface area contributed by atoms with E-state index in [9.17, 15) is 9.90 Å². The predicted octanol–water partition coefficient (Wildman–Crippen LogP) is 7.32. The Labute approximate surface area is 248 Å². The Morgan fingerprint density at radius 1 is 1.10 bits per heavy atom. The van der Waals surface area contributed by atoms with Crippen LogP contribution in [0.1, 0.15) is 64.2 Å². The van der Waals surface area contributed by atoms with Gasteiger partial charge in [-0.05, 0) is 83.5 Å². The van der Waals surface area contributed by atoms with E-state index in [-0.39, 0.29) is 18.3 Å². The van der Waals surface area contributed by atoms with Crippen molar-refractivity contribution in [3.05, 3.63) is 95.0 Å². The van der Waals surface area contributed by atoms with E-state index in [1.807, 2.05) is 51.1 Å². The summed E-state index contributed by atoms with van der Waals surface area (Å²) >= 11 is 0. The van der Waals surface area contributed by atoms with Crippen LogP contribution in [0.15, 0.2) is 83.9 Å². The topological polar surface area (TPSA) is 77.5 Å². The maximum Gasteiger partial charge on any atom is 0.316 e. The summed E-state index contributed by atoms with van der Waals surface area (Å²) in [5.74, 6) is 2.18. The van der Waals surface area contributed by atoms with E-state index < -0.39 is 11.5 Å². The fraction of sp³-hybridized carbons (Fsp3) is 0.400. The first-order chi connectivity index (χ1) is 20.1. The minimum Gasteiger partial charge on any atom is -0.512 e. The molecular weight excluding hydrogens is 530 g/mol. The maximum absolute atomic E-state index is 12.6. The molecule has 1 saturated heterocycles. The molecule has 1 N–H and O–H groups in total. The lowest BCUT2D eigenvalue weighted by atomic mass is 9.83. The van der Waals surface area contributed by atoms with E-state index in [2.05, 4.69) is 11.5 Å². The van der Waals surface area contributed by atoms with Crippen molar-refractivity contribution >= 4 is 11.5 Å². The van der Waals surface area contributed by atoms with Crippen LogP contribution in [0.2, 0.25) is 0 Å². The first kappa shape index (κ1) is 29.5. The molecule has 7 nitrogen and oxygen atoms in total. The first-order valence-electron chi connectivity index (χ1n) is 14.7. The highest BCUT2D eigenvalue weighted by Gasteiger charge is 2.36. The second-order valence-electron chi connectivity index (χ2n) is 12.1. The molecule has 1 atom stereocenters. The lowest BCUT2D eigenvalue weighted by Crippen LogP contribution is -2.33. The van der Waals surface area contributed by atoms with Crippen molar-refractivity contribution in [2.24, 2.45) is 5.41 Å². The van der Waals surface area contributed by atoms with Gasteiger partial charge in [-0.3, -0.25) is 9.69 Å². The zero-order valence-corrected chi connectivity index (χ0v) is 25.1. The van der Waals surface area contributed by atoms with Crippen LogP contribution in [0.4, 0.5) is 0 Å². The van der Waals surface area contributed by atoms with E-state index in [1.165, 1.54) is 19.3 Å². The highest BCUT2D eigenvalue weighted by Crippen LogP contribution is 2.49. The molecule has 222 valence electrons. The fourth-order valence-corrected chi connectivity index (χ4v) is 5.45. The molecule has 2 aromatic carbocycles. The number of rotatable bonds is 8. The Kier molecular flexibility index (Phi) is 8.78. The number of benzene rings is 2. The summed E-state index contributed by atoms with van der Waals surface area (Å²) in [7, 11) is 0. The van der Waals surface area contributed by atoms with Crippen LogP contribution >= 0.6 is 0 Å². The maximum atomic E-state index is 12.6. The number of aliphatic hydroxyl groups is 1. The number of carbonyl (C=O) groups excluding carboxylic acids is 1. The molecule has 7 heteroatoms. The third-order valence-electron chi connectivity index (χ3n) is 7.71. The molecule has 1 fully saturated rings. The van der Waals surface area contributed by atoms with Crippen molar-refractivity contribution in [1.29, 1.82) is 0 Å². The Morgan fingerprint density at radius 3 is 2.48 bits per heavy atom. The van der Waals surface area contributed by atoms with Crippen LogP contribution in [0.25, 0.3) is 5.57 Å². The Bertz CT molecular complexity index is 1420. The van der Waals surface area contributed by atoms with Crippen molar-refractivity contribution in [3.63, 3.8) is 0 Å². The monoisotopic (exact) mass is 571 g/mol. The van der Waals surface area contributed by atoms with Gasteiger partial charge in [0.1, 0.15) is 36.2 Å². The van der Waals surface area contributed by atoms with Crippen LogP contribution in [-0.2, 0) is 9.53 Å². The number of carbonyl (C=O) groups is 1. The van der Waals surface area contributed by atoms with Gasteiger partial charge in [0.15, 0.2) is 6.10 Å². The molecule has 0 saturated carbocycles. The number of hydrogen-bond donors (Lipinski definition) is 1. The van der Waals surface area contributed by atoms with Gasteiger partial charge in [0.25, 0.3) is 0 Å². The summed E-state index contributed by atoms with van der Waals surface area (Å²) in [4.78, 5) is 15.0. The van der Waals surface area contributed by atoms with E-state index in [0.717, 1.165) is 53.2 Å². The standard InChI is InChI=1S/C35H41NO6/c1-6-27-30(20-23(2)37)40-22-29-28-15-14-26(41-34(38)35(3,4)5)21-31(28)42-33(32(27)29)24-10-12-25(13-11-24)39-19-18-36-16-8-7-9-17-36/h6,10-15,20-21,33,37H,1,7-9,16-19,22H2,2-5H3/b23-20+/t33-/m0/s1. The Balaban J connectivity index is 1.46. The summed E-state index contributed by atoms with van der Waals surface area (Å²) < 4.78 is 24.5. The van der Waals surface area contributed by atoms with Gasteiger partial charge in [-0.15, -0.1) is 0 Å². The molecular formula is C35H41NO6. The number of nitrogens with zero attached hydrogens (tertiary/aromatic N) is 1. The Morgan fingerprint density at radius 2 is 1.81 bits per heavy atom. The number of fused-ring (bicyclic) bond motifs is 2. The molecule has 0 amide bonds. The lowest BCUT2D eigenvalue weighted by Gasteiger charge is -2.35. The highest BCUT2D eigenvalue weighted by atomic mass is 16.5. The molecule has 2 aromatic rings. The largest absolute Gasteiger partial charge is 0.512 e. The summed E-state index contributed by atoms with van der Waals surface area (Å²) in [6.45, 7) is 15.3. The third-order valence-corrected chi connectivity index (χ3v) is 7.71. The van der Waals surface area contributed by atoms with Gasteiger partial charge in [-0.1, -0.05) is 31.2 Å². The van der Waals surface area contributed by atoms with Crippen LogP contribution in [0.5, 0.6) is 17.2 Å². The first-order valence-corrected chi connectivity index (χ1v) is 14.7. The summed E-state index contributed by atoms with van der Waals surface area (Å²) in [5, 5.41) is 10.0. The van der Waals surface area contributed by atoms with Crippen molar-refractivity contribution in [2.75, 3.05) is 32.8 Å². The molecule has 0 aliphatic carbocycles. The van der Waals surface area contributed by atoms with Crippen LogP contribution < -0.4 is 14.2 Å². The number of aliphatic hydroxyl groups excluding tert-OH is 1. The molecule has 3 aliphatic heterocycles. The summed E-state index contributed by atoms with van der Waals surface area (Å²) in [6, 6.07) is 13.4. The number of likely N-dealkylation sites (tertiary alicyclic amines) is 1. The molecule has 0 unspecified atom stereocenters. The molecule has 5 rings (SSSR count). The number of esters is 1. The average molecular weight is 572 g/mol. The molecule has 3 heterocycles. The quantitative estimate of drug-likeness (QED) is 0.202. The second kappa shape index (κ2) is 12.5. The van der Waals surface area contributed by atoms with Gasteiger partial charge < -0.3 is 24.1 Å². The van der Waals surface area contributed by atoms with E-state index in [0.29, 0.717) is 23.9 Å². The minimum absolute atomic E-state index is 0.137. The predicted molar refractivity (Wildman–Crippen MR) is 164 cm³/mol. The van der Waals surface area contributed by atoms with Gasteiger partial charge >= 0.3 is 5.97 Å². The van der Waals surface area contributed by atoms with E-state index in [4.69, 9.17) is 18.9 Å². The number of piperidine rings is 1. The molecule has 0 bridgehead atoms. The molecule has 42 heavy (non-hydrogen) atoms. The lowest BCUT2D eigenvalue weighted by molar-refractivity contribution is -0.143. The van der Waals surface area contributed by atoms with E-state index >= 15 is 0 Å².